The number of benzene rings is 2. The first-order chi connectivity index (χ1) is 11.7. The van der Waals surface area contributed by atoms with Gasteiger partial charge < -0.3 is 10.1 Å². The van der Waals surface area contributed by atoms with E-state index in [0.717, 1.165) is 17.7 Å². The number of methoxy groups -OCH3 is 1. The number of allylic oxidation sites excluding steroid dienone is 2. The van der Waals surface area contributed by atoms with E-state index in [0.29, 0.717) is 11.1 Å². The molecule has 1 heterocycles. The van der Waals surface area contributed by atoms with E-state index in [1.807, 2.05) is 24.3 Å². The number of carbonyl (C=O) groups is 1. The van der Waals surface area contributed by atoms with E-state index in [1.54, 1.807) is 12.1 Å². The summed E-state index contributed by atoms with van der Waals surface area (Å²) in [6.45, 7) is 0. The largest absolute Gasteiger partial charge is 0.465 e. The van der Waals surface area contributed by atoms with Gasteiger partial charge in [0.25, 0.3) is 0 Å². The minimum atomic E-state index is -0.382. The van der Waals surface area contributed by atoms with Gasteiger partial charge in [-0.15, -0.1) is 0 Å². The van der Waals surface area contributed by atoms with Crippen LogP contribution >= 0.6 is 0 Å². The zero-order chi connectivity index (χ0) is 16.7. The standard InChI is InChI=1S/C20H18FNO2/c1-24-20(23)16-10-5-9-14-12-7-4-8-13(12)18(22-19(14)16)15-6-2-3-11-17(15)21/h2-7,9-13,18,22H,8H2,1H3/t12-,13-,18+/m1/s1. The number of para-hydroxylation sites is 1. The fraction of sp³-hybridized carbons (Fsp3) is 0.250. The van der Waals surface area contributed by atoms with E-state index >= 15 is 0 Å². The third kappa shape index (κ3) is 2.21. The summed E-state index contributed by atoms with van der Waals surface area (Å²) in [4.78, 5) is 12.1. The highest BCUT2D eigenvalue weighted by Gasteiger charge is 2.40. The molecule has 3 atom stereocenters. The molecule has 0 fully saturated rings. The number of ether oxygens (including phenoxy) is 1. The molecule has 4 rings (SSSR count). The molecule has 0 saturated carbocycles. The normalized spacial score (nSPS) is 24.0. The van der Waals surface area contributed by atoms with Gasteiger partial charge in [-0.1, -0.05) is 42.5 Å². The predicted molar refractivity (Wildman–Crippen MR) is 90.5 cm³/mol. The highest BCUT2D eigenvalue weighted by atomic mass is 19.1. The number of carbonyl (C=O) groups excluding carboxylic acids is 1. The zero-order valence-corrected chi connectivity index (χ0v) is 13.3. The summed E-state index contributed by atoms with van der Waals surface area (Å²) in [6.07, 6.45) is 5.20. The molecular formula is C20H18FNO2. The third-order valence-corrected chi connectivity index (χ3v) is 5.04. The Bertz CT molecular complexity index is 830. The number of nitrogens with one attached hydrogen (secondary N) is 1. The van der Waals surface area contributed by atoms with Crippen molar-refractivity contribution in [2.45, 2.75) is 18.4 Å². The van der Waals surface area contributed by atoms with E-state index in [2.05, 4.69) is 17.5 Å². The lowest BCUT2D eigenvalue weighted by molar-refractivity contribution is 0.0601. The van der Waals surface area contributed by atoms with Crippen LogP contribution in [-0.2, 0) is 4.74 Å². The maximum Gasteiger partial charge on any atom is 0.339 e. The van der Waals surface area contributed by atoms with Crippen molar-refractivity contribution in [1.29, 1.82) is 0 Å². The Kier molecular flexibility index (Phi) is 3.60. The molecule has 122 valence electrons. The van der Waals surface area contributed by atoms with Gasteiger partial charge in [0, 0.05) is 11.5 Å². The lowest BCUT2D eigenvalue weighted by atomic mass is 9.76. The van der Waals surface area contributed by atoms with E-state index < -0.39 is 0 Å². The minimum Gasteiger partial charge on any atom is -0.465 e. The first-order valence-electron chi connectivity index (χ1n) is 8.09. The summed E-state index contributed by atoms with van der Waals surface area (Å²) >= 11 is 0. The van der Waals surface area contributed by atoms with Crippen LogP contribution in [0.3, 0.4) is 0 Å². The zero-order valence-electron chi connectivity index (χ0n) is 13.3. The predicted octanol–water partition coefficient (Wildman–Crippen LogP) is 4.44. The van der Waals surface area contributed by atoms with E-state index in [4.69, 9.17) is 4.74 Å². The molecule has 1 N–H and O–H groups in total. The summed E-state index contributed by atoms with van der Waals surface area (Å²) in [7, 11) is 1.37. The molecule has 2 aromatic carbocycles. The average molecular weight is 323 g/mol. The lowest BCUT2D eigenvalue weighted by Gasteiger charge is -2.38. The van der Waals surface area contributed by atoms with Crippen molar-refractivity contribution in [2.75, 3.05) is 12.4 Å². The highest BCUT2D eigenvalue weighted by Crippen LogP contribution is 2.50. The van der Waals surface area contributed by atoms with Gasteiger partial charge in [0.15, 0.2) is 0 Å². The second-order valence-electron chi connectivity index (χ2n) is 6.26. The van der Waals surface area contributed by atoms with Gasteiger partial charge >= 0.3 is 5.97 Å². The molecule has 2 aliphatic rings. The summed E-state index contributed by atoms with van der Waals surface area (Å²) < 4.78 is 19.3. The number of hydrogen-bond donors (Lipinski definition) is 1. The van der Waals surface area contributed by atoms with Crippen molar-refractivity contribution in [3.8, 4) is 0 Å². The Hall–Kier alpha value is -2.62. The fourth-order valence-electron chi connectivity index (χ4n) is 3.94. The van der Waals surface area contributed by atoms with Crippen molar-refractivity contribution >= 4 is 11.7 Å². The number of halogens is 1. The first kappa shape index (κ1) is 14.9. The second-order valence-corrected chi connectivity index (χ2v) is 6.26. The highest BCUT2D eigenvalue weighted by molar-refractivity contribution is 5.97. The van der Waals surface area contributed by atoms with E-state index in [1.165, 1.54) is 13.2 Å². The average Bonchev–Trinajstić information content (AvgIpc) is 3.10. The summed E-state index contributed by atoms with van der Waals surface area (Å²) in [5.41, 5.74) is 2.96. The number of rotatable bonds is 2. The van der Waals surface area contributed by atoms with E-state index in [-0.39, 0.29) is 29.7 Å². The summed E-state index contributed by atoms with van der Waals surface area (Å²) in [6, 6.07) is 12.3. The van der Waals surface area contributed by atoms with E-state index in [9.17, 15) is 9.18 Å². The number of fused-ring (bicyclic) bond motifs is 3. The third-order valence-electron chi connectivity index (χ3n) is 5.04. The Morgan fingerprint density at radius 2 is 1.96 bits per heavy atom. The maximum atomic E-state index is 14.4. The molecule has 2 aromatic rings. The molecule has 0 spiro atoms. The van der Waals surface area contributed by atoms with Crippen molar-refractivity contribution in [3.63, 3.8) is 0 Å². The SMILES string of the molecule is COC(=O)c1cccc2c1N[C@H](c1ccccc1F)[C@@H]1CC=C[C@@H]21. The Morgan fingerprint density at radius 1 is 1.17 bits per heavy atom. The van der Waals surface area contributed by atoms with Crippen LogP contribution in [-0.4, -0.2) is 13.1 Å². The van der Waals surface area contributed by atoms with Gasteiger partial charge in [0.05, 0.1) is 24.4 Å². The van der Waals surface area contributed by atoms with Gasteiger partial charge in [-0.2, -0.15) is 0 Å². The topological polar surface area (TPSA) is 38.3 Å². The quantitative estimate of drug-likeness (QED) is 0.656. The number of hydrogen-bond acceptors (Lipinski definition) is 3. The summed E-state index contributed by atoms with van der Waals surface area (Å²) in [5.74, 6) is -0.190. The van der Waals surface area contributed by atoms with Crippen molar-refractivity contribution in [1.82, 2.24) is 0 Å². The number of anilines is 1. The molecule has 0 amide bonds. The van der Waals surface area contributed by atoms with Gasteiger partial charge in [-0.25, -0.2) is 9.18 Å². The van der Waals surface area contributed by atoms with Gasteiger partial charge in [0.1, 0.15) is 5.82 Å². The smallest absolute Gasteiger partial charge is 0.339 e. The van der Waals surface area contributed by atoms with Crippen LogP contribution in [0, 0.1) is 11.7 Å². The molecule has 0 unspecified atom stereocenters. The van der Waals surface area contributed by atoms with Crippen LogP contribution in [0.1, 0.15) is 39.9 Å². The maximum absolute atomic E-state index is 14.4. The molecule has 1 aliphatic carbocycles. The van der Waals surface area contributed by atoms with Crippen molar-refractivity contribution < 1.29 is 13.9 Å². The van der Waals surface area contributed by atoms with Gasteiger partial charge in [0.2, 0.25) is 0 Å². The molecule has 3 nitrogen and oxygen atoms in total. The van der Waals surface area contributed by atoms with Crippen LogP contribution in [0.25, 0.3) is 0 Å². The number of esters is 1. The molecule has 1 aliphatic heterocycles. The van der Waals surface area contributed by atoms with Crippen molar-refractivity contribution in [2.24, 2.45) is 5.92 Å². The fourth-order valence-corrected chi connectivity index (χ4v) is 3.94. The van der Waals surface area contributed by atoms with Crippen molar-refractivity contribution in [3.05, 3.63) is 77.1 Å². The van der Waals surface area contributed by atoms with Gasteiger partial charge in [-0.05, 0) is 30.0 Å². The molecule has 0 bridgehead atoms. The molecule has 0 saturated heterocycles. The van der Waals surface area contributed by atoms with Crippen LogP contribution in [0.15, 0.2) is 54.6 Å². The lowest BCUT2D eigenvalue weighted by Crippen LogP contribution is -2.31. The Morgan fingerprint density at radius 3 is 2.75 bits per heavy atom. The summed E-state index contributed by atoms with van der Waals surface area (Å²) in [5, 5.41) is 3.43. The molecular weight excluding hydrogens is 305 g/mol. The Balaban J connectivity index is 1.85. The molecule has 24 heavy (non-hydrogen) atoms. The van der Waals surface area contributed by atoms with Crippen LogP contribution in [0.4, 0.5) is 10.1 Å². The molecule has 0 aromatic heterocycles. The minimum absolute atomic E-state index is 0.176. The second kappa shape index (κ2) is 5.78. The van der Waals surface area contributed by atoms with Crippen LogP contribution < -0.4 is 5.32 Å². The molecule has 0 radical (unpaired) electrons. The van der Waals surface area contributed by atoms with Crippen LogP contribution in [0.5, 0.6) is 0 Å². The Labute approximate surface area is 140 Å². The van der Waals surface area contributed by atoms with Crippen LogP contribution in [0.2, 0.25) is 0 Å². The molecule has 4 heteroatoms. The first-order valence-corrected chi connectivity index (χ1v) is 8.09. The van der Waals surface area contributed by atoms with Gasteiger partial charge in [-0.3, -0.25) is 0 Å². The monoisotopic (exact) mass is 323 g/mol.